The SMILES string of the molecule is CCN(CC)C(=O)c1ccc(NC(=S)Nc2ccc(C)cc2)cc1. The van der Waals surface area contributed by atoms with E-state index in [1.54, 1.807) is 4.90 Å². The first-order chi connectivity index (χ1) is 11.5. The normalized spacial score (nSPS) is 10.1. The average molecular weight is 341 g/mol. The number of nitrogens with one attached hydrogen (secondary N) is 2. The number of carbonyl (C=O) groups excluding carboxylic acids is 1. The molecular formula is C19H23N3OS. The highest BCUT2D eigenvalue weighted by molar-refractivity contribution is 7.80. The van der Waals surface area contributed by atoms with Crippen molar-refractivity contribution in [1.82, 2.24) is 4.90 Å². The Bertz CT molecular complexity index is 692. The lowest BCUT2D eigenvalue weighted by Crippen LogP contribution is -2.30. The summed E-state index contributed by atoms with van der Waals surface area (Å²) in [6, 6.07) is 15.4. The summed E-state index contributed by atoms with van der Waals surface area (Å²) < 4.78 is 0. The Kier molecular flexibility index (Phi) is 6.32. The van der Waals surface area contributed by atoms with Crippen LogP contribution in [-0.2, 0) is 0 Å². The zero-order valence-electron chi connectivity index (χ0n) is 14.3. The molecule has 1 amide bonds. The van der Waals surface area contributed by atoms with Gasteiger partial charge in [-0.25, -0.2) is 0 Å². The van der Waals surface area contributed by atoms with Gasteiger partial charge in [0.25, 0.3) is 5.91 Å². The topological polar surface area (TPSA) is 44.4 Å². The zero-order valence-corrected chi connectivity index (χ0v) is 15.1. The van der Waals surface area contributed by atoms with Gasteiger partial charge in [-0.2, -0.15) is 0 Å². The van der Waals surface area contributed by atoms with Crippen LogP contribution in [0.3, 0.4) is 0 Å². The molecule has 4 nitrogen and oxygen atoms in total. The minimum atomic E-state index is 0.0481. The lowest BCUT2D eigenvalue weighted by molar-refractivity contribution is 0.0773. The van der Waals surface area contributed by atoms with Crippen molar-refractivity contribution in [2.75, 3.05) is 23.7 Å². The van der Waals surface area contributed by atoms with Gasteiger partial charge in [-0.3, -0.25) is 4.79 Å². The van der Waals surface area contributed by atoms with E-state index in [9.17, 15) is 4.79 Å². The van der Waals surface area contributed by atoms with Gasteiger partial charge >= 0.3 is 0 Å². The monoisotopic (exact) mass is 341 g/mol. The lowest BCUT2D eigenvalue weighted by Gasteiger charge is -2.18. The Morgan fingerprint density at radius 3 is 1.83 bits per heavy atom. The Balaban J connectivity index is 1.97. The predicted octanol–water partition coefficient (Wildman–Crippen LogP) is 4.29. The molecule has 0 saturated heterocycles. The molecule has 0 fully saturated rings. The summed E-state index contributed by atoms with van der Waals surface area (Å²) >= 11 is 5.32. The first-order valence-corrected chi connectivity index (χ1v) is 8.48. The zero-order chi connectivity index (χ0) is 17.5. The van der Waals surface area contributed by atoms with E-state index in [4.69, 9.17) is 12.2 Å². The van der Waals surface area contributed by atoms with E-state index in [0.29, 0.717) is 23.8 Å². The summed E-state index contributed by atoms with van der Waals surface area (Å²) in [6.07, 6.45) is 0. The maximum Gasteiger partial charge on any atom is 0.253 e. The average Bonchev–Trinajstić information content (AvgIpc) is 2.58. The maximum atomic E-state index is 12.3. The van der Waals surface area contributed by atoms with Crippen LogP contribution in [-0.4, -0.2) is 29.0 Å². The first kappa shape index (κ1) is 17.9. The van der Waals surface area contributed by atoms with E-state index in [1.807, 2.05) is 69.3 Å². The number of anilines is 2. The second-order valence-corrected chi connectivity index (χ2v) is 5.91. The van der Waals surface area contributed by atoms with Crippen LogP contribution in [0.4, 0.5) is 11.4 Å². The third-order valence-corrected chi connectivity index (χ3v) is 3.95. The number of thiocarbonyl (C=S) groups is 1. The Morgan fingerprint density at radius 1 is 0.917 bits per heavy atom. The molecule has 5 heteroatoms. The fraction of sp³-hybridized carbons (Fsp3) is 0.263. The van der Waals surface area contributed by atoms with E-state index in [2.05, 4.69) is 10.6 Å². The largest absolute Gasteiger partial charge is 0.339 e. The van der Waals surface area contributed by atoms with Gasteiger partial charge in [-0.05, 0) is 69.4 Å². The lowest BCUT2D eigenvalue weighted by atomic mass is 10.2. The van der Waals surface area contributed by atoms with Gasteiger partial charge < -0.3 is 15.5 Å². The summed E-state index contributed by atoms with van der Waals surface area (Å²) in [5, 5.41) is 6.78. The van der Waals surface area contributed by atoms with Crippen LogP contribution in [0.25, 0.3) is 0 Å². The Hall–Kier alpha value is -2.40. The maximum absolute atomic E-state index is 12.3. The third-order valence-electron chi connectivity index (χ3n) is 3.75. The van der Waals surface area contributed by atoms with Crippen LogP contribution in [0, 0.1) is 6.92 Å². The number of amides is 1. The molecule has 0 saturated carbocycles. The highest BCUT2D eigenvalue weighted by Crippen LogP contribution is 2.13. The smallest absolute Gasteiger partial charge is 0.253 e. The number of hydrogen-bond acceptors (Lipinski definition) is 2. The second kappa shape index (κ2) is 8.45. The molecule has 0 aliphatic rings. The fourth-order valence-electron chi connectivity index (χ4n) is 2.32. The Labute approximate surface area is 148 Å². The number of rotatable bonds is 5. The first-order valence-electron chi connectivity index (χ1n) is 8.07. The molecule has 2 aromatic rings. The molecule has 2 N–H and O–H groups in total. The molecule has 2 rings (SSSR count). The number of aryl methyl sites for hydroxylation is 1. The summed E-state index contributed by atoms with van der Waals surface area (Å²) in [6.45, 7) is 7.42. The van der Waals surface area contributed by atoms with E-state index >= 15 is 0 Å². The third kappa shape index (κ3) is 4.80. The quantitative estimate of drug-likeness (QED) is 0.797. The van der Waals surface area contributed by atoms with Crippen molar-refractivity contribution in [2.24, 2.45) is 0 Å². The number of hydrogen-bond donors (Lipinski definition) is 2. The summed E-state index contributed by atoms with van der Waals surface area (Å²) in [4.78, 5) is 14.1. The molecule has 0 unspecified atom stereocenters. The Morgan fingerprint density at radius 2 is 1.38 bits per heavy atom. The van der Waals surface area contributed by atoms with E-state index in [-0.39, 0.29) is 5.91 Å². The number of carbonyl (C=O) groups is 1. The number of benzene rings is 2. The van der Waals surface area contributed by atoms with Gasteiger partial charge in [0.15, 0.2) is 5.11 Å². The van der Waals surface area contributed by atoms with Crippen LogP contribution < -0.4 is 10.6 Å². The fourth-order valence-corrected chi connectivity index (χ4v) is 2.56. The molecule has 0 aromatic heterocycles. The van der Waals surface area contributed by atoms with Gasteiger partial charge in [0.2, 0.25) is 0 Å². The van der Waals surface area contributed by atoms with Crippen molar-refractivity contribution in [1.29, 1.82) is 0 Å². The van der Waals surface area contributed by atoms with Crippen LogP contribution in [0.15, 0.2) is 48.5 Å². The van der Waals surface area contributed by atoms with Crippen molar-refractivity contribution in [3.8, 4) is 0 Å². The highest BCUT2D eigenvalue weighted by atomic mass is 32.1. The molecule has 0 bridgehead atoms. The molecule has 126 valence electrons. The summed E-state index contributed by atoms with van der Waals surface area (Å²) in [5.41, 5.74) is 3.66. The van der Waals surface area contributed by atoms with E-state index < -0.39 is 0 Å². The molecule has 0 heterocycles. The predicted molar refractivity (Wildman–Crippen MR) is 105 cm³/mol. The van der Waals surface area contributed by atoms with Gasteiger partial charge in [-0.15, -0.1) is 0 Å². The second-order valence-electron chi connectivity index (χ2n) is 5.50. The number of nitrogens with zero attached hydrogens (tertiary/aromatic N) is 1. The highest BCUT2D eigenvalue weighted by Gasteiger charge is 2.11. The van der Waals surface area contributed by atoms with Crippen molar-refractivity contribution >= 4 is 34.6 Å². The van der Waals surface area contributed by atoms with E-state index in [1.165, 1.54) is 5.56 Å². The molecular weight excluding hydrogens is 318 g/mol. The van der Waals surface area contributed by atoms with Crippen LogP contribution in [0.5, 0.6) is 0 Å². The summed E-state index contributed by atoms with van der Waals surface area (Å²) in [5.74, 6) is 0.0481. The summed E-state index contributed by atoms with van der Waals surface area (Å²) in [7, 11) is 0. The minimum absolute atomic E-state index is 0.0481. The van der Waals surface area contributed by atoms with Crippen LogP contribution >= 0.6 is 12.2 Å². The minimum Gasteiger partial charge on any atom is -0.339 e. The van der Waals surface area contributed by atoms with Crippen molar-refractivity contribution in [3.05, 3.63) is 59.7 Å². The van der Waals surface area contributed by atoms with Crippen LogP contribution in [0.2, 0.25) is 0 Å². The molecule has 0 aliphatic heterocycles. The molecule has 0 radical (unpaired) electrons. The van der Waals surface area contributed by atoms with Crippen molar-refractivity contribution in [2.45, 2.75) is 20.8 Å². The van der Waals surface area contributed by atoms with Gasteiger partial charge in [0.05, 0.1) is 0 Å². The van der Waals surface area contributed by atoms with Crippen molar-refractivity contribution < 1.29 is 4.79 Å². The molecule has 0 atom stereocenters. The van der Waals surface area contributed by atoms with Crippen LogP contribution in [0.1, 0.15) is 29.8 Å². The van der Waals surface area contributed by atoms with Gasteiger partial charge in [0, 0.05) is 30.0 Å². The van der Waals surface area contributed by atoms with E-state index in [0.717, 1.165) is 11.4 Å². The van der Waals surface area contributed by atoms with Crippen molar-refractivity contribution in [3.63, 3.8) is 0 Å². The molecule has 0 spiro atoms. The molecule has 24 heavy (non-hydrogen) atoms. The van der Waals surface area contributed by atoms with Gasteiger partial charge in [-0.1, -0.05) is 17.7 Å². The standard InChI is InChI=1S/C19H23N3OS/c1-4-22(5-2)18(23)15-8-12-17(13-9-15)21-19(24)20-16-10-6-14(3)7-11-16/h6-13H,4-5H2,1-3H3,(H2,20,21,24). The van der Waals surface area contributed by atoms with Gasteiger partial charge in [0.1, 0.15) is 0 Å². The molecule has 0 aliphatic carbocycles. The molecule has 2 aromatic carbocycles.